The zero-order valence-corrected chi connectivity index (χ0v) is 17.8. The van der Waals surface area contributed by atoms with Crippen molar-refractivity contribution in [1.29, 1.82) is 0 Å². The number of carbonyl (C=O) groups excluding carboxylic acids is 2. The normalized spacial score (nSPS) is 14.8. The van der Waals surface area contributed by atoms with Crippen molar-refractivity contribution in [2.24, 2.45) is 0 Å². The minimum absolute atomic E-state index is 0.0766. The van der Waals surface area contributed by atoms with Gasteiger partial charge in [-0.25, -0.2) is 17.2 Å². The van der Waals surface area contributed by atoms with Gasteiger partial charge in [0.25, 0.3) is 5.91 Å². The van der Waals surface area contributed by atoms with Crippen molar-refractivity contribution in [3.05, 3.63) is 59.2 Å². The highest BCUT2D eigenvalue weighted by molar-refractivity contribution is 7.89. The molecule has 0 unspecified atom stereocenters. The van der Waals surface area contributed by atoms with Crippen molar-refractivity contribution in [3.8, 4) is 0 Å². The van der Waals surface area contributed by atoms with E-state index < -0.39 is 40.0 Å². The number of anilines is 1. The van der Waals surface area contributed by atoms with E-state index in [4.69, 9.17) is 0 Å². The summed E-state index contributed by atoms with van der Waals surface area (Å²) in [4.78, 5) is 24.4. The number of aryl methyl sites for hydroxylation is 1. The molecular formula is C21H23F2N3O4S. The predicted molar refractivity (Wildman–Crippen MR) is 111 cm³/mol. The summed E-state index contributed by atoms with van der Waals surface area (Å²) in [6.45, 7) is 2.16. The molecule has 0 aliphatic carbocycles. The lowest BCUT2D eigenvalue weighted by molar-refractivity contribution is -0.115. The Morgan fingerprint density at radius 1 is 1.03 bits per heavy atom. The second-order valence-corrected chi connectivity index (χ2v) is 9.23. The van der Waals surface area contributed by atoms with Gasteiger partial charge >= 0.3 is 0 Å². The molecule has 1 aliphatic rings. The van der Waals surface area contributed by atoms with E-state index in [9.17, 15) is 26.8 Å². The molecule has 2 amide bonds. The molecule has 2 N–H and O–H groups in total. The molecule has 0 radical (unpaired) electrons. The predicted octanol–water partition coefficient (Wildman–Crippen LogP) is 2.82. The lowest BCUT2D eigenvalue weighted by atomic mass is 10.2. The van der Waals surface area contributed by atoms with Crippen LogP contribution in [0.4, 0.5) is 14.5 Å². The molecule has 166 valence electrons. The number of nitrogens with zero attached hydrogens (tertiary/aromatic N) is 1. The highest BCUT2D eigenvalue weighted by Crippen LogP contribution is 2.25. The molecule has 7 nitrogen and oxygen atoms in total. The number of hydrogen-bond acceptors (Lipinski definition) is 4. The average Bonchev–Trinajstić information content (AvgIpc) is 2.74. The van der Waals surface area contributed by atoms with Crippen LogP contribution in [-0.2, 0) is 14.8 Å². The second-order valence-electron chi connectivity index (χ2n) is 7.30. The Morgan fingerprint density at radius 3 is 2.42 bits per heavy atom. The zero-order chi connectivity index (χ0) is 22.6. The number of amides is 2. The molecule has 1 heterocycles. The van der Waals surface area contributed by atoms with Crippen LogP contribution in [0.3, 0.4) is 0 Å². The zero-order valence-electron chi connectivity index (χ0n) is 17.0. The lowest BCUT2D eigenvalue weighted by Crippen LogP contribution is -2.35. The van der Waals surface area contributed by atoms with Gasteiger partial charge in [0, 0.05) is 24.8 Å². The fourth-order valence-corrected chi connectivity index (χ4v) is 4.82. The van der Waals surface area contributed by atoms with Crippen LogP contribution in [0.2, 0.25) is 0 Å². The molecule has 2 aromatic carbocycles. The molecule has 31 heavy (non-hydrogen) atoms. The van der Waals surface area contributed by atoms with E-state index in [0.717, 1.165) is 31.4 Å². The maximum atomic E-state index is 13.7. The van der Waals surface area contributed by atoms with Crippen LogP contribution < -0.4 is 10.6 Å². The maximum absolute atomic E-state index is 13.7. The monoisotopic (exact) mass is 451 g/mol. The van der Waals surface area contributed by atoms with Crippen LogP contribution in [0, 0.1) is 18.6 Å². The molecule has 1 saturated heterocycles. The van der Waals surface area contributed by atoms with Gasteiger partial charge in [0.1, 0.15) is 11.6 Å². The van der Waals surface area contributed by atoms with Gasteiger partial charge < -0.3 is 10.6 Å². The topological polar surface area (TPSA) is 95.6 Å². The number of rotatable bonds is 6. The Labute approximate surface area is 179 Å². The van der Waals surface area contributed by atoms with Crippen molar-refractivity contribution in [3.63, 3.8) is 0 Å². The molecule has 1 fully saturated rings. The van der Waals surface area contributed by atoms with E-state index >= 15 is 0 Å². The Balaban J connectivity index is 1.67. The van der Waals surface area contributed by atoms with E-state index in [0.29, 0.717) is 30.4 Å². The average molecular weight is 451 g/mol. The Morgan fingerprint density at radius 2 is 1.74 bits per heavy atom. The van der Waals surface area contributed by atoms with E-state index in [1.54, 1.807) is 13.0 Å². The number of halogens is 2. The quantitative estimate of drug-likeness (QED) is 0.706. The number of benzene rings is 2. The number of sulfonamides is 1. The molecule has 10 heteroatoms. The first kappa shape index (κ1) is 22.8. The number of carbonyl (C=O) groups is 2. The van der Waals surface area contributed by atoms with Gasteiger partial charge in [0.05, 0.1) is 17.0 Å². The maximum Gasteiger partial charge on any atom is 0.254 e. The van der Waals surface area contributed by atoms with Crippen LogP contribution in [0.5, 0.6) is 0 Å². The summed E-state index contributed by atoms with van der Waals surface area (Å²) in [7, 11) is -3.67. The summed E-state index contributed by atoms with van der Waals surface area (Å²) in [6, 6.07) is 6.98. The minimum atomic E-state index is -3.67. The summed E-state index contributed by atoms with van der Waals surface area (Å²) in [5.41, 5.74) is 0.548. The fourth-order valence-electron chi connectivity index (χ4n) is 3.27. The third-order valence-corrected chi connectivity index (χ3v) is 6.92. The summed E-state index contributed by atoms with van der Waals surface area (Å²) in [5.74, 6) is -3.34. The van der Waals surface area contributed by atoms with Crippen LogP contribution >= 0.6 is 0 Å². The van der Waals surface area contributed by atoms with E-state index in [1.807, 2.05) is 0 Å². The molecule has 0 spiro atoms. The van der Waals surface area contributed by atoms with Crippen LogP contribution in [0.15, 0.2) is 41.3 Å². The highest BCUT2D eigenvalue weighted by atomic mass is 32.2. The SMILES string of the molecule is Cc1ccc(S(=O)(=O)N2CCCCC2)cc1NC(=O)CNC(=O)c1ccc(F)cc1F. The van der Waals surface area contributed by atoms with Crippen molar-refractivity contribution in [2.75, 3.05) is 25.0 Å². The lowest BCUT2D eigenvalue weighted by Gasteiger charge is -2.26. The van der Waals surface area contributed by atoms with Crippen LogP contribution in [0.25, 0.3) is 0 Å². The van der Waals surface area contributed by atoms with Crippen molar-refractivity contribution in [1.82, 2.24) is 9.62 Å². The molecule has 3 rings (SSSR count). The molecule has 2 aromatic rings. The molecule has 0 aromatic heterocycles. The van der Waals surface area contributed by atoms with Gasteiger partial charge in [-0.15, -0.1) is 0 Å². The van der Waals surface area contributed by atoms with Crippen molar-refractivity contribution >= 4 is 27.5 Å². The smallest absolute Gasteiger partial charge is 0.254 e. The summed E-state index contributed by atoms with van der Waals surface area (Å²) in [6.07, 6.45) is 2.61. The third-order valence-electron chi connectivity index (χ3n) is 5.02. The van der Waals surface area contributed by atoms with Gasteiger partial charge in [-0.05, 0) is 49.6 Å². The summed E-state index contributed by atoms with van der Waals surface area (Å²) >= 11 is 0. The third kappa shape index (κ3) is 5.45. The van der Waals surface area contributed by atoms with Gasteiger partial charge in [0.2, 0.25) is 15.9 Å². The Bertz CT molecular complexity index is 1100. The molecule has 0 saturated carbocycles. The van der Waals surface area contributed by atoms with E-state index in [2.05, 4.69) is 10.6 Å². The highest BCUT2D eigenvalue weighted by Gasteiger charge is 2.26. The van der Waals surface area contributed by atoms with Crippen LogP contribution in [-0.4, -0.2) is 44.2 Å². The van der Waals surface area contributed by atoms with Gasteiger partial charge in [-0.2, -0.15) is 4.31 Å². The largest absolute Gasteiger partial charge is 0.343 e. The van der Waals surface area contributed by atoms with E-state index in [-0.39, 0.29) is 10.5 Å². The molecular weight excluding hydrogens is 428 g/mol. The first-order chi connectivity index (χ1) is 14.7. The summed E-state index contributed by atoms with van der Waals surface area (Å²) in [5, 5.41) is 4.82. The molecule has 1 aliphatic heterocycles. The van der Waals surface area contributed by atoms with E-state index in [1.165, 1.54) is 16.4 Å². The minimum Gasteiger partial charge on any atom is -0.343 e. The van der Waals surface area contributed by atoms with Crippen LogP contribution in [0.1, 0.15) is 35.2 Å². The van der Waals surface area contributed by atoms with Crippen molar-refractivity contribution in [2.45, 2.75) is 31.1 Å². The first-order valence-corrected chi connectivity index (χ1v) is 11.3. The Kier molecular flexibility index (Phi) is 7.01. The fraction of sp³-hybridized carbons (Fsp3) is 0.333. The molecule has 0 atom stereocenters. The second kappa shape index (κ2) is 9.52. The van der Waals surface area contributed by atoms with Crippen molar-refractivity contribution < 1.29 is 26.8 Å². The first-order valence-electron chi connectivity index (χ1n) is 9.82. The number of piperidine rings is 1. The number of nitrogens with one attached hydrogen (secondary N) is 2. The molecule has 0 bridgehead atoms. The Hall–Kier alpha value is -2.85. The van der Waals surface area contributed by atoms with Gasteiger partial charge in [-0.3, -0.25) is 9.59 Å². The van der Waals surface area contributed by atoms with Gasteiger partial charge in [-0.1, -0.05) is 12.5 Å². The summed E-state index contributed by atoms with van der Waals surface area (Å²) < 4.78 is 53.8. The number of hydrogen-bond donors (Lipinski definition) is 2. The van der Waals surface area contributed by atoms with Gasteiger partial charge in [0.15, 0.2) is 0 Å². The standard InChI is InChI=1S/C21H23F2N3O4S/c1-14-5-7-16(31(29,30)26-9-3-2-4-10-26)12-19(14)25-20(27)13-24-21(28)17-8-6-15(22)11-18(17)23/h5-8,11-12H,2-4,9-10,13H2,1H3,(H,24,28)(H,25,27).